The van der Waals surface area contributed by atoms with Gasteiger partial charge in [0.1, 0.15) is 0 Å². The van der Waals surface area contributed by atoms with Gasteiger partial charge in [-0.1, -0.05) is 24.3 Å². The van der Waals surface area contributed by atoms with Crippen LogP contribution < -0.4 is 10.6 Å². The predicted molar refractivity (Wildman–Crippen MR) is 107 cm³/mol. The average molecular weight is 327 g/mol. The molecule has 0 fully saturated rings. The molecule has 3 nitrogen and oxygen atoms in total. The number of nitrogens with zero attached hydrogens (tertiary/aromatic N) is 2. The topological polar surface area (TPSA) is 42.1 Å². The van der Waals surface area contributed by atoms with Gasteiger partial charge in [0.15, 0.2) is 0 Å². The van der Waals surface area contributed by atoms with E-state index in [2.05, 4.69) is 78.3 Å². The van der Waals surface area contributed by atoms with Gasteiger partial charge < -0.3 is 10.6 Å². The lowest BCUT2D eigenvalue weighted by atomic mass is 10.0. The van der Waals surface area contributed by atoms with Gasteiger partial charge >= 0.3 is 0 Å². The van der Waals surface area contributed by atoms with E-state index in [0.717, 1.165) is 28.0 Å². The van der Waals surface area contributed by atoms with Crippen LogP contribution in [0.4, 0.5) is 17.1 Å². The highest BCUT2D eigenvalue weighted by Gasteiger charge is 2.16. The molecular weight excluding hydrogens is 306 g/mol. The molecule has 3 aromatic carbocycles. The fraction of sp³-hybridized carbons (Fsp3) is 0.136. The average Bonchev–Trinajstić information content (AvgIpc) is 2.62. The van der Waals surface area contributed by atoms with E-state index in [1.165, 1.54) is 10.8 Å². The summed E-state index contributed by atoms with van der Waals surface area (Å²) >= 11 is 0. The first-order chi connectivity index (χ1) is 12.1. The maximum absolute atomic E-state index is 5.87. The van der Waals surface area contributed by atoms with Gasteiger partial charge in [-0.15, -0.1) is 0 Å². The van der Waals surface area contributed by atoms with Crippen LogP contribution in [0.2, 0.25) is 0 Å². The first-order valence-electron chi connectivity index (χ1n) is 8.56. The molecule has 0 aliphatic heterocycles. The molecule has 0 radical (unpaired) electrons. The van der Waals surface area contributed by atoms with Gasteiger partial charge in [-0.05, 0) is 67.1 Å². The third kappa shape index (κ3) is 2.78. The summed E-state index contributed by atoms with van der Waals surface area (Å²) in [4.78, 5) is 6.93. The monoisotopic (exact) mass is 327 g/mol. The lowest BCUT2D eigenvalue weighted by Crippen LogP contribution is -2.25. The molecule has 0 atom stereocenters. The van der Waals surface area contributed by atoms with Crippen LogP contribution in [0.1, 0.15) is 13.8 Å². The number of rotatable bonds is 3. The molecule has 0 spiro atoms. The lowest BCUT2D eigenvalue weighted by Gasteiger charge is -2.30. The Bertz CT molecular complexity index is 1040. The van der Waals surface area contributed by atoms with E-state index in [1.54, 1.807) is 0 Å². The summed E-state index contributed by atoms with van der Waals surface area (Å²) in [6.45, 7) is 4.40. The number of hydrogen-bond acceptors (Lipinski definition) is 3. The summed E-state index contributed by atoms with van der Waals surface area (Å²) < 4.78 is 0. The van der Waals surface area contributed by atoms with Crippen molar-refractivity contribution in [3.63, 3.8) is 0 Å². The van der Waals surface area contributed by atoms with Gasteiger partial charge in [-0.2, -0.15) is 0 Å². The maximum Gasteiger partial charge on any atom is 0.0729 e. The number of aromatic nitrogens is 1. The van der Waals surface area contributed by atoms with E-state index in [0.29, 0.717) is 6.04 Å². The molecule has 2 N–H and O–H groups in total. The summed E-state index contributed by atoms with van der Waals surface area (Å²) in [6.07, 6.45) is 1.89. The fourth-order valence-electron chi connectivity index (χ4n) is 3.38. The molecule has 3 heteroatoms. The molecule has 4 rings (SSSR count). The predicted octanol–water partition coefficient (Wildman–Crippen LogP) is 5.52. The van der Waals surface area contributed by atoms with Crippen LogP contribution in [0.5, 0.6) is 0 Å². The molecular formula is C22H21N3. The zero-order valence-electron chi connectivity index (χ0n) is 14.5. The van der Waals surface area contributed by atoms with E-state index < -0.39 is 0 Å². The highest BCUT2D eigenvalue weighted by atomic mass is 15.2. The number of pyridine rings is 1. The molecule has 0 bridgehead atoms. The molecule has 1 heterocycles. The van der Waals surface area contributed by atoms with Crippen molar-refractivity contribution >= 4 is 38.7 Å². The van der Waals surface area contributed by atoms with Crippen molar-refractivity contribution in [2.24, 2.45) is 0 Å². The highest BCUT2D eigenvalue weighted by molar-refractivity contribution is 6.03. The molecule has 0 amide bonds. The van der Waals surface area contributed by atoms with Gasteiger partial charge in [-0.25, -0.2) is 0 Å². The number of hydrogen-bond donors (Lipinski definition) is 1. The van der Waals surface area contributed by atoms with Crippen LogP contribution in [-0.4, -0.2) is 11.0 Å². The number of benzene rings is 3. The Morgan fingerprint density at radius 2 is 1.56 bits per heavy atom. The van der Waals surface area contributed by atoms with Crippen molar-refractivity contribution in [2.75, 3.05) is 10.6 Å². The van der Waals surface area contributed by atoms with Crippen LogP contribution >= 0.6 is 0 Å². The van der Waals surface area contributed by atoms with Crippen molar-refractivity contribution in [3.8, 4) is 0 Å². The second-order valence-electron chi connectivity index (χ2n) is 6.60. The third-order valence-electron chi connectivity index (χ3n) is 4.53. The number of fused-ring (bicyclic) bond motifs is 2. The first-order valence-corrected chi connectivity index (χ1v) is 8.56. The molecule has 124 valence electrons. The molecule has 0 aliphatic rings. The van der Waals surface area contributed by atoms with Gasteiger partial charge in [0.25, 0.3) is 0 Å². The van der Waals surface area contributed by atoms with Gasteiger partial charge in [0.05, 0.1) is 11.2 Å². The number of nitrogen functional groups attached to an aromatic ring is 1. The van der Waals surface area contributed by atoms with Crippen molar-refractivity contribution in [1.82, 2.24) is 4.98 Å². The van der Waals surface area contributed by atoms with E-state index in [1.807, 2.05) is 18.3 Å². The molecule has 1 aromatic heterocycles. The van der Waals surface area contributed by atoms with E-state index in [9.17, 15) is 0 Å². The minimum Gasteiger partial charge on any atom is -0.399 e. The minimum absolute atomic E-state index is 0.306. The second-order valence-corrected chi connectivity index (χ2v) is 6.60. The summed E-state index contributed by atoms with van der Waals surface area (Å²) in [6, 6.07) is 23.2. The van der Waals surface area contributed by atoms with Crippen LogP contribution in [0.3, 0.4) is 0 Å². The highest BCUT2D eigenvalue weighted by Crippen LogP contribution is 2.35. The van der Waals surface area contributed by atoms with E-state index >= 15 is 0 Å². The Morgan fingerprint density at radius 3 is 2.24 bits per heavy atom. The Labute approximate surface area is 147 Å². The van der Waals surface area contributed by atoms with Gasteiger partial charge in [0.2, 0.25) is 0 Å². The zero-order valence-corrected chi connectivity index (χ0v) is 14.5. The summed E-state index contributed by atoms with van der Waals surface area (Å²) in [5, 5.41) is 3.60. The Hall–Kier alpha value is -3.07. The third-order valence-corrected chi connectivity index (χ3v) is 4.53. The van der Waals surface area contributed by atoms with Crippen molar-refractivity contribution in [3.05, 3.63) is 72.9 Å². The van der Waals surface area contributed by atoms with Crippen LogP contribution in [-0.2, 0) is 0 Å². The largest absolute Gasteiger partial charge is 0.399 e. The normalized spacial score (nSPS) is 11.3. The first kappa shape index (κ1) is 15.5. The lowest BCUT2D eigenvalue weighted by molar-refractivity contribution is 0.791. The Balaban J connectivity index is 1.96. The van der Waals surface area contributed by atoms with Gasteiger partial charge in [-0.3, -0.25) is 4.98 Å². The smallest absolute Gasteiger partial charge is 0.0729 e. The van der Waals surface area contributed by atoms with Crippen LogP contribution in [0.15, 0.2) is 72.9 Å². The van der Waals surface area contributed by atoms with Crippen LogP contribution in [0.25, 0.3) is 21.7 Å². The SMILES string of the molecule is CC(C)N(c1ccc(N)cc1)c1ccnc2cc3ccccc3cc12. The minimum atomic E-state index is 0.306. The second kappa shape index (κ2) is 6.10. The van der Waals surface area contributed by atoms with Crippen molar-refractivity contribution < 1.29 is 0 Å². The standard InChI is InChI=1S/C22H21N3/c1-15(2)25(19-9-7-18(23)8-10-19)22-11-12-24-21-14-17-6-4-3-5-16(17)13-20(21)22/h3-15H,23H2,1-2H3. The van der Waals surface area contributed by atoms with Crippen molar-refractivity contribution in [2.45, 2.75) is 19.9 Å². The molecule has 4 aromatic rings. The quantitative estimate of drug-likeness (QED) is 0.398. The fourth-order valence-corrected chi connectivity index (χ4v) is 3.38. The maximum atomic E-state index is 5.87. The summed E-state index contributed by atoms with van der Waals surface area (Å²) in [5.74, 6) is 0. The summed E-state index contributed by atoms with van der Waals surface area (Å²) in [7, 11) is 0. The van der Waals surface area contributed by atoms with Gasteiger partial charge in [0, 0.05) is 29.0 Å². The molecule has 0 saturated heterocycles. The number of anilines is 3. The van der Waals surface area contributed by atoms with Crippen LogP contribution in [0, 0.1) is 0 Å². The van der Waals surface area contributed by atoms with E-state index in [4.69, 9.17) is 5.73 Å². The molecule has 0 aliphatic carbocycles. The molecule has 25 heavy (non-hydrogen) atoms. The zero-order chi connectivity index (χ0) is 17.4. The molecule has 0 saturated carbocycles. The van der Waals surface area contributed by atoms with Crippen molar-refractivity contribution in [1.29, 1.82) is 0 Å². The summed E-state index contributed by atoms with van der Waals surface area (Å²) in [5.41, 5.74) is 9.95. The molecule has 0 unspecified atom stereocenters. The number of nitrogens with two attached hydrogens (primary N) is 1. The Kier molecular flexibility index (Phi) is 3.77. The Morgan fingerprint density at radius 1 is 0.880 bits per heavy atom. The van der Waals surface area contributed by atoms with E-state index in [-0.39, 0.29) is 0 Å².